The van der Waals surface area contributed by atoms with E-state index in [1.54, 1.807) is 19.1 Å². The summed E-state index contributed by atoms with van der Waals surface area (Å²) < 4.78 is 5.00. The molecule has 0 atom stereocenters. The second kappa shape index (κ2) is 7.86. The van der Waals surface area contributed by atoms with Crippen molar-refractivity contribution in [2.45, 2.75) is 12.1 Å². The van der Waals surface area contributed by atoms with Gasteiger partial charge in [-0.3, -0.25) is 10.9 Å². The van der Waals surface area contributed by atoms with Crippen LogP contribution in [0.4, 0.5) is 11.5 Å². The summed E-state index contributed by atoms with van der Waals surface area (Å²) in [5.41, 5.74) is 6.73. The lowest BCUT2D eigenvalue weighted by Crippen LogP contribution is -2.16. The summed E-state index contributed by atoms with van der Waals surface area (Å²) in [6.45, 7) is 2.02. The summed E-state index contributed by atoms with van der Waals surface area (Å²) in [5.74, 6) is -0.156. The van der Waals surface area contributed by atoms with Gasteiger partial charge in [0.2, 0.25) is 0 Å². The van der Waals surface area contributed by atoms with Gasteiger partial charge in [-0.2, -0.15) is 0 Å². The lowest BCUT2D eigenvalue weighted by Gasteiger charge is -2.13. The Kier molecular flexibility index (Phi) is 5.85. The second-order valence-electron chi connectivity index (χ2n) is 4.07. The van der Waals surface area contributed by atoms with Crippen LogP contribution in [0.15, 0.2) is 35.6 Å². The molecule has 0 aliphatic carbocycles. The van der Waals surface area contributed by atoms with Crippen molar-refractivity contribution in [3.63, 3.8) is 0 Å². The number of carbonyl (C=O) groups excluding carboxylic acids is 1. The van der Waals surface area contributed by atoms with Gasteiger partial charge in [-0.25, -0.2) is 14.8 Å². The SMILES string of the molecule is CCOC(=O)c1cnc(SC)nc1NNc1ccccc1Cl. The standard InChI is InChI=1S/C14H15ClN4O2S/c1-3-21-13(20)9-8-16-14(22-2)17-12(9)19-18-11-7-5-4-6-10(11)15/h4-8,18H,3H2,1-2H3,(H,16,17,19). The van der Waals surface area contributed by atoms with Gasteiger partial charge in [0.25, 0.3) is 0 Å². The number of para-hydroxylation sites is 1. The van der Waals surface area contributed by atoms with Crippen LogP contribution in [0.5, 0.6) is 0 Å². The van der Waals surface area contributed by atoms with Gasteiger partial charge in [0.05, 0.1) is 17.3 Å². The highest BCUT2D eigenvalue weighted by Gasteiger charge is 2.16. The Bertz CT molecular complexity index is 669. The minimum atomic E-state index is -0.487. The first-order valence-corrected chi connectivity index (χ1v) is 8.10. The summed E-state index contributed by atoms with van der Waals surface area (Å²) >= 11 is 7.44. The fourth-order valence-corrected chi connectivity index (χ4v) is 2.13. The van der Waals surface area contributed by atoms with Crippen molar-refractivity contribution >= 4 is 40.8 Å². The quantitative estimate of drug-likeness (QED) is 0.361. The van der Waals surface area contributed by atoms with Crippen molar-refractivity contribution in [1.29, 1.82) is 0 Å². The summed E-state index contributed by atoms with van der Waals surface area (Å²) in [6.07, 6.45) is 3.29. The second-order valence-corrected chi connectivity index (χ2v) is 5.25. The average molecular weight is 339 g/mol. The molecule has 8 heteroatoms. The third-order valence-corrected chi connectivity index (χ3v) is 3.53. The van der Waals surface area contributed by atoms with Gasteiger partial charge < -0.3 is 4.74 Å². The first-order valence-electron chi connectivity index (χ1n) is 6.50. The predicted molar refractivity (Wildman–Crippen MR) is 88.5 cm³/mol. The number of rotatable bonds is 6. The number of hydrogen-bond donors (Lipinski definition) is 2. The summed E-state index contributed by atoms with van der Waals surface area (Å²) in [7, 11) is 0. The van der Waals surface area contributed by atoms with Crippen LogP contribution in [0.3, 0.4) is 0 Å². The molecule has 2 rings (SSSR count). The van der Waals surface area contributed by atoms with E-state index < -0.39 is 5.97 Å². The molecule has 1 aromatic carbocycles. The van der Waals surface area contributed by atoms with Gasteiger partial charge in [0.1, 0.15) is 5.56 Å². The summed E-state index contributed by atoms with van der Waals surface area (Å²) in [6, 6.07) is 7.23. The number of aromatic nitrogens is 2. The van der Waals surface area contributed by atoms with E-state index in [1.165, 1.54) is 18.0 Å². The van der Waals surface area contributed by atoms with E-state index in [4.69, 9.17) is 16.3 Å². The Hall–Kier alpha value is -1.99. The number of halogens is 1. The minimum absolute atomic E-state index is 0.249. The van der Waals surface area contributed by atoms with Gasteiger partial charge in [0.15, 0.2) is 11.0 Å². The molecule has 0 fully saturated rings. The number of hydrazine groups is 1. The molecule has 0 amide bonds. The fourth-order valence-electron chi connectivity index (χ4n) is 1.61. The van der Waals surface area contributed by atoms with Crippen LogP contribution in [0, 0.1) is 0 Å². The monoisotopic (exact) mass is 338 g/mol. The maximum atomic E-state index is 11.9. The molecule has 0 unspecified atom stereocenters. The number of benzene rings is 1. The molecule has 2 N–H and O–H groups in total. The minimum Gasteiger partial charge on any atom is -0.462 e. The summed E-state index contributed by atoms with van der Waals surface area (Å²) in [5, 5.41) is 1.09. The van der Waals surface area contributed by atoms with E-state index in [1.807, 2.05) is 18.4 Å². The Morgan fingerprint density at radius 3 is 2.82 bits per heavy atom. The lowest BCUT2D eigenvalue weighted by atomic mass is 10.3. The van der Waals surface area contributed by atoms with Crippen molar-refractivity contribution in [3.8, 4) is 0 Å². The van der Waals surface area contributed by atoms with Crippen molar-refractivity contribution in [2.75, 3.05) is 23.7 Å². The zero-order valence-electron chi connectivity index (χ0n) is 12.1. The molecule has 0 aliphatic rings. The van der Waals surface area contributed by atoms with Crippen LogP contribution in [-0.4, -0.2) is 28.8 Å². The molecule has 22 heavy (non-hydrogen) atoms. The number of nitrogens with one attached hydrogen (secondary N) is 2. The zero-order valence-corrected chi connectivity index (χ0v) is 13.7. The smallest absolute Gasteiger partial charge is 0.343 e. The number of hydrogen-bond acceptors (Lipinski definition) is 7. The number of thioether (sulfide) groups is 1. The Labute approximate surface area is 137 Å². The molecule has 0 saturated carbocycles. The van der Waals surface area contributed by atoms with Crippen LogP contribution >= 0.6 is 23.4 Å². The molecule has 2 aromatic rings. The van der Waals surface area contributed by atoms with E-state index in [0.717, 1.165) is 0 Å². The maximum absolute atomic E-state index is 11.9. The Morgan fingerprint density at radius 2 is 2.14 bits per heavy atom. The Balaban J connectivity index is 2.24. The maximum Gasteiger partial charge on any atom is 0.343 e. The third kappa shape index (κ3) is 4.02. The fraction of sp³-hybridized carbons (Fsp3) is 0.214. The number of ether oxygens (including phenoxy) is 1. The summed E-state index contributed by atoms with van der Waals surface area (Å²) in [4.78, 5) is 20.3. The molecule has 0 radical (unpaired) electrons. The van der Waals surface area contributed by atoms with Gasteiger partial charge in [-0.1, -0.05) is 35.5 Å². The highest BCUT2D eigenvalue weighted by atomic mass is 35.5. The molecule has 0 saturated heterocycles. The van der Waals surface area contributed by atoms with Crippen molar-refractivity contribution in [2.24, 2.45) is 0 Å². The van der Waals surface area contributed by atoms with Crippen molar-refractivity contribution in [1.82, 2.24) is 9.97 Å². The van der Waals surface area contributed by atoms with Crippen LogP contribution in [0.2, 0.25) is 5.02 Å². The van der Waals surface area contributed by atoms with E-state index >= 15 is 0 Å². The van der Waals surface area contributed by atoms with Crippen LogP contribution < -0.4 is 10.9 Å². The average Bonchev–Trinajstić information content (AvgIpc) is 2.54. The molecule has 0 bridgehead atoms. The van der Waals surface area contributed by atoms with E-state index in [9.17, 15) is 4.79 Å². The predicted octanol–water partition coefficient (Wildman–Crippen LogP) is 3.47. The van der Waals surface area contributed by atoms with Gasteiger partial charge in [-0.15, -0.1) is 0 Å². The molecule has 0 spiro atoms. The molecular formula is C14H15ClN4O2S. The van der Waals surface area contributed by atoms with Crippen LogP contribution in [0.25, 0.3) is 0 Å². The van der Waals surface area contributed by atoms with Crippen LogP contribution in [-0.2, 0) is 4.74 Å². The first kappa shape index (κ1) is 16.4. The molecule has 1 heterocycles. The number of nitrogens with zero attached hydrogens (tertiary/aromatic N) is 2. The van der Waals surface area contributed by atoms with E-state index in [0.29, 0.717) is 21.7 Å². The first-order chi connectivity index (χ1) is 10.7. The Morgan fingerprint density at radius 1 is 1.36 bits per heavy atom. The van der Waals surface area contributed by atoms with E-state index in [2.05, 4.69) is 20.8 Å². The highest BCUT2D eigenvalue weighted by molar-refractivity contribution is 7.98. The molecular weight excluding hydrogens is 324 g/mol. The van der Waals surface area contributed by atoms with Crippen LogP contribution in [0.1, 0.15) is 17.3 Å². The van der Waals surface area contributed by atoms with Crippen molar-refractivity contribution in [3.05, 3.63) is 41.0 Å². The lowest BCUT2D eigenvalue weighted by molar-refractivity contribution is 0.0526. The number of anilines is 2. The molecule has 116 valence electrons. The van der Waals surface area contributed by atoms with Crippen molar-refractivity contribution < 1.29 is 9.53 Å². The normalized spacial score (nSPS) is 10.1. The number of carbonyl (C=O) groups is 1. The molecule has 1 aromatic heterocycles. The zero-order chi connectivity index (χ0) is 15.9. The van der Waals surface area contributed by atoms with E-state index in [-0.39, 0.29) is 12.2 Å². The third-order valence-electron chi connectivity index (χ3n) is 2.63. The molecule has 6 nitrogen and oxygen atoms in total. The number of esters is 1. The molecule has 0 aliphatic heterocycles. The van der Waals surface area contributed by atoms with Gasteiger partial charge >= 0.3 is 5.97 Å². The van der Waals surface area contributed by atoms with Gasteiger partial charge in [-0.05, 0) is 25.3 Å². The topological polar surface area (TPSA) is 76.1 Å². The largest absolute Gasteiger partial charge is 0.462 e. The van der Waals surface area contributed by atoms with Gasteiger partial charge in [0, 0.05) is 6.20 Å². The highest BCUT2D eigenvalue weighted by Crippen LogP contribution is 2.22.